The molecule has 3 aromatic rings. The molecule has 0 spiro atoms. The van der Waals surface area contributed by atoms with Gasteiger partial charge in [0, 0.05) is 25.8 Å². The van der Waals surface area contributed by atoms with Crippen molar-refractivity contribution in [1.82, 2.24) is 20.3 Å². The molecule has 2 amide bonds. The van der Waals surface area contributed by atoms with Crippen molar-refractivity contribution in [3.8, 4) is 0 Å². The molecule has 1 fully saturated rings. The molecular weight excluding hydrogens is 442 g/mol. The third-order valence-corrected chi connectivity index (χ3v) is 5.40. The van der Waals surface area contributed by atoms with Crippen molar-refractivity contribution in [2.75, 3.05) is 41.7 Å². The summed E-state index contributed by atoms with van der Waals surface area (Å²) >= 11 is 5.85. The van der Waals surface area contributed by atoms with Crippen LogP contribution < -0.4 is 20.9 Å². The van der Waals surface area contributed by atoms with Crippen LogP contribution in [0.3, 0.4) is 0 Å². The van der Waals surface area contributed by atoms with E-state index in [1.807, 2.05) is 13.0 Å². The number of nitrogens with zero attached hydrogens (tertiary/aromatic N) is 4. The van der Waals surface area contributed by atoms with E-state index in [0.29, 0.717) is 22.1 Å². The van der Waals surface area contributed by atoms with Gasteiger partial charge in [0.25, 0.3) is 11.8 Å². The van der Waals surface area contributed by atoms with Crippen LogP contribution in [0, 0.1) is 6.92 Å². The molecule has 4 rings (SSSR count). The van der Waals surface area contributed by atoms with Gasteiger partial charge in [0.1, 0.15) is 17.3 Å². The minimum absolute atomic E-state index is 0.165. The molecule has 1 aliphatic heterocycles. The largest absolute Gasteiger partial charge is 0.354 e. The van der Waals surface area contributed by atoms with Crippen LogP contribution in [0.15, 0.2) is 48.9 Å². The third kappa shape index (κ3) is 5.82. The number of aromatic nitrogens is 3. The number of hydrogen-bond acceptors (Lipinski definition) is 7. The Bertz CT molecular complexity index is 1130. The van der Waals surface area contributed by atoms with E-state index < -0.39 is 11.8 Å². The monoisotopic (exact) mass is 465 g/mol. The smallest absolute Gasteiger partial charge is 0.275 e. The van der Waals surface area contributed by atoms with E-state index in [1.165, 1.54) is 12.4 Å². The fraction of sp³-hybridized carbons (Fsp3) is 0.261. The summed E-state index contributed by atoms with van der Waals surface area (Å²) in [6, 6.07) is 8.43. The van der Waals surface area contributed by atoms with Gasteiger partial charge in [-0.2, -0.15) is 0 Å². The van der Waals surface area contributed by atoms with Crippen molar-refractivity contribution in [1.29, 1.82) is 0 Å². The Morgan fingerprint density at radius 1 is 0.970 bits per heavy atom. The summed E-state index contributed by atoms with van der Waals surface area (Å²) < 4.78 is 0. The van der Waals surface area contributed by atoms with Crippen LogP contribution in [0.25, 0.3) is 0 Å². The Morgan fingerprint density at radius 2 is 1.85 bits per heavy atom. The lowest BCUT2D eigenvalue weighted by Gasteiger charge is -2.20. The molecule has 0 unspecified atom stereocenters. The zero-order valence-electron chi connectivity index (χ0n) is 18.1. The average Bonchev–Trinajstić information content (AvgIpc) is 3.11. The standard InChI is InChI=1S/C23H24ClN7O2/c1-15-3-5-18(17(11-15)22(32)30-20-6-4-16(24)12-27-20)29-23(33)19-13-28-21(14-26-19)31-9-2-7-25-8-10-31/h3-6,11-14,25H,2,7-10H2,1H3,(H,29,33)(H,27,30,32). The summed E-state index contributed by atoms with van der Waals surface area (Å²) in [7, 11) is 0. The van der Waals surface area contributed by atoms with E-state index in [0.717, 1.165) is 44.0 Å². The number of halogens is 1. The number of amides is 2. The zero-order valence-corrected chi connectivity index (χ0v) is 18.9. The maximum Gasteiger partial charge on any atom is 0.275 e. The second-order valence-corrected chi connectivity index (χ2v) is 8.11. The Kier molecular flexibility index (Phi) is 7.11. The summed E-state index contributed by atoms with van der Waals surface area (Å²) in [4.78, 5) is 40.6. The van der Waals surface area contributed by atoms with E-state index in [2.05, 4.69) is 35.8 Å². The average molecular weight is 466 g/mol. The number of nitrogens with one attached hydrogen (secondary N) is 3. The SMILES string of the molecule is Cc1ccc(NC(=O)c2cnc(N3CCCNCC3)cn2)c(C(=O)Nc2ccc(Cl)cn2)c1. The number of anilines is 3. The Labute approximate surface area is 196 Å². The lowest BCUT2D eigenvalue weighted by atomic mass is 10.1. The fourth-order valence-corrected chi connectivity index (χ4v) is 3.56. The van der Waals surface area contributed by atoms with E-state index in [4.69, 9.17) is 11.6 Å². The van der Waals surface area contributed by atoms with Crippen LogP contribution in [0.2, 0.25) is 5.02 Å². The maximum absolute atomic E-state index is 12.9. The summed E-state index contributed by atoms with van der Waals surface area (Å²) in [5.41, 5.74) is 1.71. The summed E-state index contributed by atoms with van der Waals surface area (Å²) in [6.45, 7) is 5.45. The van der Waals surface area contributed by atoms with Gasteiger partial charge in [-0.1, -0.05) is 23.2 Å². The lowest BCUT2D eigenvalue weighted by Crippen LogP contribution is -2.29. The highest BCUT2D eigenvalue weighted by atomic mass is 35.5. The van der Waals surface area contributed by atoms with Crippen molar-refractivity contribution >= 4 is 40.7 Å². The van der Waals surface area contributed by atoms with Gasteiger partial charge in [-0.15, -0.1) is 0 Å². The van der Waals surface area contributed by atoms with Crippen molar-refractivity contribution < 1.29 is 9.59 Å². The minimum Gasteiger partial charge on any atom is -0.354 e. The van der Waals surface area contributed by atoms with E-state index in [1.54, 1.807) is 30.5 Å². The molecule has 33 heavy (non-hydrogen) atoms. The van der Waals surface area contributed by atoms with Gasteiger partial charge in [-0.25, -0.2) is 15.0 Å². The highest BCUT2D eigenvalue weighted by molar-refractivity contribution is 6.30. The first-order valence-electron chi connectivity index (χ1n) is 10.6. The summed E-state index contributed by atoms with van der Waals surface area (Å²) in [5, 5.41) is 9.30. The molecule has 3 heterocycles. The Morgan fingerprint density at radius 3 is 2.61 bits per heavy atom. The van der Waals surface area contributed by atoms with Crippen LogP contribution in [-0.2, 0) is 0 Å². The normalized spacial score (nSPS) is 13.8. The van der Waals surface area contributed by atoms with Gasteiger partial charge >= 0.3 is 0 Å². The first kappa shape index (κ1) is 22.6. The van der Waals surface area contributed by atoms with Crippen molar-refractivity contribution in [3.63, 3.8) is 0 Å². The van der Waals surface area contributed by atoms with Gasteiger partial charge in [-0.3, -0.25) is 9.59 Å². The molecule has 1 aromatic carbocycles. The molecule has 0 bridgehead atoms. The predicted molar refractivity (Wildman–Crippen MR) is 128 cm³/mol. The number of carbonyl (C=O) groups is 2. The molecular formula is C23H24ClN7O2. The van der Waals surface area contributed by atoms with Crippen molar-refractivity contribution in [2.24, 2.45) is 0 Å². The third-order valence-electron chi connectivity index (χ3n) is 5.17. The highest BCUT2D eigenvalue weighted by Crippen LogP contribution is 2.20. The lowest BCUT2D eigenvalue weighted by molar-refractivity contribution is 0.102. The Hall–Kier alpha value is -3.56. The van der Waals surface area contributed by atoms with Crippen molar-refractivity contribution in [2.45, 2.75) is 13.3 Å². The van der Waals surface area contributed by atoms with E-state index in [-0.39, 0.29) is 5.69 Å². The summed E-state index contributed by atoms with van der Waals surface area (Å²) in [5.74, 6) is 0.239. The molecule has 1 aliphatic rings. The zero-order chi connectivity index (χ0) is 23.2. The van der Waals surface area contributed by atoms with Crippen molar-refractivity contribution in [3.05, 3.63) is 70.8 Å². The van der Waals surface area contributed by atoms with Gasteiger partial charge < -0.3 is 20.9 Å². The molecule has 0 saturated carbocycles. The van der Waals surface area contributed by atoms with Gasteiger partial charge in [0.05, 0.1) is 28.7 Å². The van der Waals surface area contributed by atoms with E-state index >= 15 is 0 Å². The molecule has 0 aliphatic carbocycles. The van der Waals surface area contributed by atoms with Gasteiger partial charge in [-0.05, 0) is 44.2 Å². The fourth-order valence-electron chi connectivity index (χ4n) is 3.45. The molecule has 2 aromatic heterocycles. The molecule has 9 nitrogen and oxygen atoms in total. The quantitative estimate of drug-likeness (QED) is 0.530. The highest BCUT2D eigenvalue weighted by Gasteiger charge is 2.17. The number of carbonyl (C=O) groups excluding carboxylic acids is 2. The van der Waals surface area contributed by atoms with Crippen LogP contribution >= 0.6 is 11.6 Å². The van der Waals surface area contributed by atoms with Crippen LogP contribution in [0.5, 0.6) is 0 Å². The molecule has 3 N–H and O–H groups in total. The predicted octanol–water partition coefficient (Wildman–Crippen LogP) is 3.14. The number of pyridine rings is 1. The van der Waals surface area contributed by atoms with Gasteiger partial charge in [0.15, 0.2) is 0 Å². The first-order chi connectivity index (χ1) is 16.0. The molecule has 1 saturated heterocycles. The second kappa shape index (κ2) is 10.4. The number of rotatable bonds is 5. The first-order valence-corrected chi connectivity index (χ1v) is 11.0. The Balaban J connectivity index is 1.48. The van der Waals surface area contributed by atoms with Crippen LogP contribution in [0.4, 0.5) is 17.3 Å². The molecule has 0 atom stereocenters. The number of aryl methyl sites for hydroxylation is 1. The second-order valence-electron chi connectivity index (χ2n) is 7.67. The van der Waals surface area contributed by atoms with E-state index in [9.17, 15) is 9.59 Å². The topological polar surface area (TPSA) is 112 Å². The number of benzene rings is 1. The summed E-state index contributed by atoms with van der Waals surface area (Å²) in [6.07, 6.45) is 5.53. The molecule has 0 radical (unpaired) electrons. The number of hydrogen-bond donors (Lipinski definition) is 3. The van der Waals surface area contributed by atoms with Crippen LogP contribution in [0.1, 0.15) is 32.8 Å². The molecule has 170 valence electrons. The molecule has 10 heteroatoms. The maximum atomic E-state index is 12.9. The van der Waals surface area contributed by atoms with Crippen LogP contribution in [-0.4, -0.2) is 52.9 Å². The minimum atomic E-state index is -0.450. The van der Waals surface area contributed by atoms with Gasteiger partial charge in [0.2, 0.25) is 0 Å².